The average molecular weight is 454 g/mol. The van der Waals surface area contributed by atoms with Gasteiger partial charge in [-0.2, -0.15) is 0 Å². The van der Waals surface area contributed by atoms with Crippen LogP contribution < -0.4 is 5.32 Å². The van der Waals surface area contributed by atoms with E-state index in [-0.39, 0.29) is 12.1 Å². The van der Waals surface area contributed by atoms with Crippen LogP contribution in [-0.2, 0) is 16.0 Å². The van der Waals surface area contributed by atoms with E-state index < -0.39 is 0 Å². The summed E-state index contributed by atoms with van der Waals surface area (Å²) in [5, 5.41) is 4.44. The van der Waals surface area contributed by atoms with Gasteiger partial charge in [0.1, 0.15) is 5.15 Å². The van der Waals surface area contributed by atoms with E-state index in [4.69, 9.17) is 21.1 Å². The number of carbonyl (C=O) groups is 1. The lowest BCUT2D eigenvalue weighted by atomic mass is 10.1. The third kappa shape index (κ3) is 5.21. The predicted octanol–water partition coefficient (Wildman–Crippen LogP) is 5.26. The molecule has 6 nitrogen and oxygen atoms in total. The van der Waals surface area contributed by atoms with Crippen molar-refractivity contribution in [3.63, 3.8) is 0 Å². The Bertz CT molecular complexity index is 1130. The molecule has 0 aliphatic carbocycles. The third-order valence-electron chi connectivity index (χ3n) is 5.62. The molecule has 1 atom stereocenters. The molecule has 7 heteroatoms. The van der Waals surface area contributed by atoms with Crippen LogP contribution in [0.3, 0.4) is 0 Å². The fourth-order valence-electron chi connectivity index (χ4n) is 4.00. The lowest BCUT2D eigenvalue weighted by Crippen LogP contribution is -2.44. The van der Waals surface area contributed by atoms with Gasteiger partial charge in [-0.05, 0) is 50.1 Å². The summed E-state index contributed by atoms with van der Waals surface area (Å²) in [6.45, 7) is 8.30. The molecule has 2 amide bonds. The summed E-state index contributed by atoms with van der Waals surface area (Å²) in [6, 6.07) is 13.7. The number of nitrogens with zero attached hydrogens (tertiary/aromatic N) is 2. The van der Waals surface area contributed by atoms with Crippen molar-refractivity contribution in [2.75, 3.05) is 31.7 Å². The van der Waals surface area contributed by atoms with E-state index in [9.17, 15) is 4.79 Å². The number of para-hydroxylation sites is 1. The van der Waals surface area contributed by atoms with Crippen molar-refractivity contribution in [1.29, 1.82) is 0 Å². The second-order valence-corrected chi connectivity index (χ2v) is 8.64. The standard InChI is InChI=1S/C25H28ClN3O3/c1-16-10-18(3)23-19(11-16)12-20(24(26)28-23)13-29(14-21-15-31-8-9-32-21)25(30)27-22-7-5-4-6-17(22)2/h4-7,10-12,21H,8-9,13-15H2,1-3H3,(H,27,30)/t21-/m0/s1. The highest BCUT2D eigenvalue weighted by Crippen LogP contribution is 2.26. The van der Waals surface area contributed by atoms with Gasteiger partial charge in [-0.3, -0.25) is 0 Å². The van der Waals surface area contributed by atoms with Gasteiger partial charge in [0.2, 0.25) is 0 Å². The van der Waals surface area contributed by atoms with E-state index in [1.165, 1.54) is 0 Å². The molecule has 0 unspecified atom stereocenters. The van der Waals surface area contributed by atoms with E-state index in [0.717, 1.165) is 38.8 Å². The van der Waals surface area contributed by atoms with Crippen LogP contribution in [0.4, 0.5) is 10.5 Å². The van der Waals surface area contributed by atoms with Gasteiger partial charge in [0.05, 0.1) is 44.5 Å². The number of benzene rings is 2. The number of rotatable bonds is 5. The van der Waals surface area contributed by atoms with Crippen LogP contribution in [0.1, 0.15) is 22.3 Å². The van der Waals surface area contributed by atoms with Gasteiger partial charge in [0.15, 0.2) is 0 Å². The summed E-state index contributed by atoms with van der Waals surface area (Å²) >= 11 is 6.57. The number of hydrogen-bond donors (Lipinski definition) is 1. The van der Waals surface area contributed by atoms with E-state index in [1.807, 2.05) is 44.2 Å². The molecule has 1 aromatic heterocycles. The van der Waals surface area contributed by atoms with Crippen LogP contribution in [-0.4, -0.2) is 48.4 Å². The SMILES string of the molecule is Cc1cc(C)c2nc(Cl)c(CN(C[C@H]3COCCO3)C(=O)Nc3ccccc3C)cc2c1. The monoisotopic (exact) mass is 453 g/mol. The number of carbonyl (C=O) groups excluding carboxylic acids is 1. The largest absolute Gasteiger partial charge is 0.376 e. The molecule has 1 aliphatic rings. The van der Waals surface area contributed by atoms with Crippen LogP contribution in [0.15, 0.2) is 42.5 Å². The van der Waals surface area contributed by atoms with Gasteiger partial charge in [0.25, 0.3) is 0 Å². The molecule has 0 spiro atoms. The Morgan fingerprint density at radius 2 is 1.97 bits per heavy atom. The first-order valence-corrected chi connectivity index (χ1v) is 11.2. The summed E-state index contributed by atoms with van der Waals surface area (Å²) in [4.78, 5) is 19.6. The number of pyridine rings is 1. The zero-order valence-electron chi connectivity index (χ0n) is 18.7. The highest BCUT2D eigenvalue weighted by atomic mass is 35.5. The van der Waals surface area contributed by atoms with Gasteiger partial charge >= 0.3 is 6.03 Å². The maximum atomic E-state index is 13.3. The zero-order chi connectivity index (χ0) is 22.7. The van der Waals surface area contributed by atoms with Gasteiger partial charge in [-0.1, -0.05) is 41.4 Å². The van der Waals surface area contributed by atoms with Crippen LogP contribution in [0.2, 0.25) is 5.15 Å². The lowest BCUT2D eigenvalue weighted by Gasteiger charge is -2.30. The van der Waals surface area contributed by atoms with Crippen molar-refractivity contribution in [3.05, 3.63) is 69.9 Å². The first-order chi connectivity index (χ1) is 15.4. The number of hydrogen-bond acceptors (Lipinski definition) is 4. The highest BCUT2D eigenvalue weighted by molar-refractivity contribution is 6.30. The van der Waals surface area contributed by atoms with Crippen molar-refractivity contribution in [1.82, 2.24) is 9.88 Å². The zero-order valence-corrected chi connectivity index (χ0v) is 19.4. The van der Waals surface area contributed by atoms with Gasteiger partial charge in [-0.25, -0.2) is 9.78 Å². The summed E-state index contributed by atoms with van der Waals surface area (Å²) in [7, 11) is 0. The summed E-state index contributed by atoms with van der Waals surface area (Å²) < 4.78 is 11.3. The number of aryl methyl sites for hydroxylation is 3. The Hall–Kier alpha value is -2.67. The maximum Gasteiger partial charge on any atom is 0.322 e. The molecular weight excluding hydrogens is 426 g/mol. The second kappa shape index (κ2) is 9.86. The summed E-state index contributed by atoms with van der Waals surface area (Å²) in [6.07, 6.45) is -0.192. The molecule has 1 saturated heterocycles. The first-order valence-electron chi connectivity index (χ1n) is 10.8. The van der Waals surface area contributed by atoms with Crippen molar-refractivity contribution < 1.29 is 14.3 Å². The van der Waals surface area contributed by atoms with Crippen molar-refractivity contribution in [2.45, 2.75) is 33.4 Å². The van der Waals surface area contributed by atoms with Crippen LogP contribution >= 0.6 is 11.6 Å². The number of aromatic nitrogens is 1. The summed E-state index contributed by atoms with van der Waals surface area (Å²) in [5.74, 6) is 0. The molecule has 32 heavy (non-hydrogen) atoms. The van der Waals surface area contributed by atoms with E-state index in [1.54, 1.807) is 4.90 Å². The Balaban J connectivity index is 1.62. The molecule has 2 aromatic carbocycles. The van der Waals surface area contributed by atoms with E-state index >= 15 is 0 Å². The number of amides is 2. The van der Waals surface area contributed by atoms with Gasteiger partial charge in [0, 0.05) is 16.6 Å². The topological polar surface area (TPSA) is 63.7 Å². The normalized spacial score (nSPS) is 16.2. The summed E-state index contributed by atoms with van der Waals surface area (Å²) in [5.41, 5.74) is 5.68. The third-order valence-corrected chi connectivity index (χ3v) is 5.95. The molecule has 2 heterocycles. The van der Waals surface area contributed by atoms with Crippen molar-refractivity contribution >= 4 is 34.2 Å². The van der Waals surface area contributed by atoms with Crippen LogP contribution in [0, 0.1) is 20.8 Å². The Labute approximate surface area is 193 Å². The minimum absolute atomic E-state index is 0.192. The van der Waals surface area contributed by atoms with Crippen molar-refractivity contribution in [3.8, 4) is 0 Å². The van der Waals surface area contributed by atoms with E-state index in [0.29, 0.717) is 38.1 Å². The fraction of sp³-hybridized carbons (Fsp3) is 0.360. The quantitative estimate of drug-likeness (QED) is 0.535. The average Bonchev–Trinajstić information content (AvgIpc) is 2.76. The van der Waals surface area contributed by atoms with E-state index in [2.05, 4.69) is 29.4 Å². The molecule has 1 aliphatic heterocycles. The van der Waals surface area contributed by atoms with Gasteiger partial charge in [-0.15, -0.1) is 0 Å². The van der Waals surface area contributed by atoms with Crippen molar-refractivity contribution in [2.24, 2.45) is 0 Å². The molecule has 168 valence electrons. The van der Waals surface area contributed by atoms with Gasteiger partial charge < -0.3 is 19.7 Å². The molecule has 0 saturated carbocycles. The Morgan fingerprint density at radius 3 is 2.72 bits per heavy atom. The second-order valence-electron chi connectivity index (χ2n) is 8.29. The predicted molar refractivity (Wildman–Crippen MR) is 127 cm³/mol. The number of urea groups is 1. The lowest BCUT2D eigenvalue weighted by molar-refractivity contribution is -0.0943. The maximum absolute atomic E-state index is 13.3. The highest BCUT2D eigenvalue weighted by Gasteiger charge is 2.24. The Morgan fingerprint density at radius 1 is 1.16 bits per heavy atom. The minimum Gasteiger partial charge on any atom is -0.376 e. The molecule has 0 bridgehead atoms. The molecule has 0 radical (unpaired) electrons. The smallest absolute Gasteiger partial charge is 0.322 e. The fourth-order valence-corrected chi connectivity index (χ4v) is 4.20. The number of fused-ring (bicyclic) bond motifs is 1. The van der Waals surface area contributed by atoms with Crippen LogP contribution in [0.25, 0.3) is 10.9 Å². The first kappa shape index (κ1) is 22.5. The molecule has 1 fully saturated rings. The van der Waals surface area contributed by atoms with Crippen LogP contribution in [0.5, 0.6) is 0 Å². The molecule has 1 N–H and O–H groups in total. The molecule has 3 aromatic rings. The molecule has 4 rings (SSSR count). The molecular formula is C25H28ClN3O3. The number of anilines is 1. The number of halogens is 1. The Kier molecular flexibility index (Phi) is 6.94. The number of nitrogens with one attached hydrogen (secondary N) is 1. The number of ether oxygens (including phenoxy) is 2. The minimum atomic E-state index is -0.218.